The Morgan fingerprint density at radius 3 is 2.52 bits per heavy atom. The van der Waals surface area contributed by atoms with Crippen LogP contribution < -0.4 is 9.64 Å². The number of hydrogen-bond donors (Lipinski definition) is 0. The number of amides is 3. The van der Waals surface area contributed by atoms with E-state index in [1.165, 1.54) is 0 Å². The maximum absolute atomic E-state index is 12.8. The van der Waals surface area contributed by atoms with Crippen molar-refractivity contribution in [3.63, 3.8) is 0 Å². The molecule has 158 valence electrons. The van der Waals surface area contributed by atoms with Crippen molar-refractivity contribution in [3.8, 4) is 5.75 Å². The first-order valence-electron chi connectivity index (χ1n) is 10.3. The standard InChI is InChI=1S/C21H29N3O5/c1-3-28-18-9-7-17(8-10-18)24-13-12-23(21(24)27)15-19(25)22-11-5-6-16(14-22)20(26)29-4-2/h7-10,16H,3-6,11-15H2,1-2H3. The third-order valence-corrected chi connectivity index (χ3v) is 5.27. The highest BCUT2D eigenvalue weighted by molar-refractivity contribution is 5.96. The van der Waals surface area contributed by atoms with E-state index >= 15 is 0 Å². The number of likely N-dealkylation sites (tertiary alicyclic amines) is 1. The van der Waals surface area contributed by atoms with Crippen LogP contribution >= 0.6 is 0 Å². The summed E-state index contributed by atoms with van der Waals surface area (Å²) in [7, 11) is 0. The minimum Gasteiger partial charge on any atom is -0.494 e. The van der Waals surface area contributed by atoms with Crippen molar-refractivity contribution in [1.29, 1.82) is 0 Å². The summed E-state index contributed by atoms with van der Waals surface area (Å²) in [5.41, 5.74) is 0.786. The van der Waals surface area contributed by atoms with Crippen molar-refractivity contribution in [3.05, 3.63) is 24.3 Å². The molecule has 0 bridgehead atoms. The molecule has 1 aromatic carbocycles. The summed E-state index contributed by atoms with van der Waals surface area (Å²) in [5.74, 6) is 0.114. The zero-order valence-corrected chi connectivity index (χ0v) is 17.1. The Balaban J connectivity index is 1.56. The van der Waals surface area contributed by atoms with Gasteiger partial charge in [0.15, 0.2) is 0 Å². The number of piperidine rings is 1. The van der Waals surface area contributed by atoms with Gasteiger partial charge in [-0.1, -0.05) is 0 Å². The average molecular weight is 403 g/mol. The molecule has 29 heavy (non-hydrogen) atoms. The average Bonchev–Trinajstić information content (AvgIpc) is 3.09. The molecule has 1 aromatic rings. The van der Waals surface area contributed by atoms with Crippen LogP contribution in [0, 0.1) is 5.92 Å². The summed E-state index contributed by atoms with van der Waals surface area (Å²) in [4.78, 5) is 42.4. The van der Waals surface area contributed by atoms with Gasteiger partial charge in [-0.25, -0.2) is 4.79 Å². The van der Waals surface area contributed by atoms with Gasteiger partial charge in [-0.15, -0.1) is 0 Å². The number of anilines is 1. The minimum absolute atomic E-state index is 0.0297. The summed E-state index contributed by atoms with van der Waals surface area (Å²) in [6.07, 6.45) is 1.50. The van der Waals surface area contributed by atoms with Crippen molar-refractivity contribution in [2.24, 2.45) is 5.92 Å². The van der Waals surface area contributed by atoms with Crippen LogP contribution in [0.1, 0.15) is 26.7 Å². The fourth-order valence-corrected chi connectivity index (χ4v) is 3.78. The normalized spacial score (nSPS) is 19.4. The first kappa shape index (κ1) is 21.0. The molecule has 0 saturated carbocycles. The molecular formula is C21H29N3O5. The number of hydrogen-bond acceptors (Lipinski definition) is 5. The molecule has 2 aliphatic heterocycles. The molecule has 0 spiro atoms. The van der Waals surface area contributed by atoms with Crippen LogP contribution in [0.2, 0.25) is 0 Å². The highest BCUT2D eigenvalue weighted by atomic mass is 16.5. The molecule has 0 radical (unpaired) electrons. The molecule has 0 aromatic heterocycles. The van der Waals surface area contributed by atoms with E-state index in [0.717, 1.165) is 24.3 Å². The summed E-state index contributed by atoms with van der Waals surface area (Å²) < 4.78 is 10.5. The summed E-state index contributed by atoms with van der Waals surface area (Å²) >= 11 is 0. The second-order valence-electron chi connectivity index (χ2n) is 7.21. The Labute approximate surface area is 171 Å². The topological polar surface area (TPSA) is 79.4 Å². The van der Waals surface area contributed by atoms with Gasteiger partial charge in [-0.05, 0) is 51.0 Å². The van der Waals surface area contributed by atoms with E-state index in [4.69, 9.17) is 9.47 Å². The Bertz CT molecular complexity index is 736. The molecule has 8 nitrogen and oxygen atoms in total. The number of rotatable bonds is 7. The molecule has 1 atom stereocenters. The van der Waals surface area contributed by atoms with Crippen molar-refractivity contribution in [2.45, 2.75) is 26.7 Å². The third-order valence-electron chi connectivity index (χ3n) is 5.27. The van der Waals surface area contributed by atoms with Gasteiger partial charge in [-0.2, -0.15) is 0 Å². The van der Waals surface area contributed by atoms with Crippen molar-refractivity contribution in [1.82, 2.24) is 9.80 Å². The fourth-order valence-electron chi connectivity index (χ4n) is 3.78. The van der Waals surface area contributed by atoms with E-state index < -0.39 is 0 Å². The Morgan fingerprint density at radius 1 is 1.07 bits per heavy atom. The van der Waals surface area contributed by atoms with Gasteiger partial charge in [0.2, 0.25) is 5.91 Å². The van der Waals surface area contributed by atoms with E-state index in [2.05, 4.69) is 0 Å². The molecule has 8 heteroatoms. The van der Waals surface area contributed by atoms with Crippen LogP contribution in [0.3, 0.4) is 0 Å². The fraction of sp³-hybridized carbons (Fsp3) is 0.571. The van der Waals surface area contributed by atoms with Gasteiger partial charge in [0.05, 0.1) is 19.1 Å². The zero-order chi connectivity index (χ0) is 20.8. The summed E-state index contributed by atoms with van der Waals surface area (Å²) in [6, 6.07) is 7.19. The first-order chi connectivity index (χ1) is 14.0. The van der Waals surface area contributed by atoms with Gasteiger partial charge >= 0.3 is 12.0 Å². The predicted molar refractivity (Wildman–Crippen MR) is 108 cm³/mol. The quantitative estimate of drug-likeness (QED) is 0.652. The molecule has 2 saturated heterocycles. The summed E-state index contributed by atoms with van der Waals surface area (Å²) in [5, 5.41) is 0. The lowest BCUT2D eigenvalue weighted by Crippen LogP contribution is -2.47. The largest absolute Gasteiger partial charge is 0.494 e. The number of carbonyl (C=O) groups is 3. The van der Waals surface area contributed by atoms with Crippen LogP contribution in [0.5, 0.6) is 5.75 Å². The Kier molecular flexibility index (Phi) is 6.95. The molecule has 0 aliphatic carbocycles. The Hall–Kier alpha value is -2.77. The lowest BCUT2D eigenvalue weighted by Gasteiger charge is -2.32. The number of ether oxygens (including phenoxy) is 2. The highest BCUT2D eigenvalue weighted by Gasteiger charge is 2.34. The van der Waals surface area contributed by atoms with Crippen LogP contribution in [0.25, 0.3) is 0 Å². The maximum Gasteiger partial charge on any atom is 0.325 e. The molecule has 2 heterocycles. The van der Waals surface area contributed by atoms with Gasteiger partial charge in [0.25, 0.3) is 0 Å². The van der Waals surface area contributed by atoms with E-state index in [1.807, 2.05) is 31.2 Å². The molecule has 1 unspecified atom stereocenters. The lowest BCUT2D eigenvalue weighted by atomic mass is 9.98. The van der Waals surface area contributed by atoms with E-state index in [1.54, 1.807) is 21.6 Å². The molecular weight excluding hydrogens is 374 g/mol. The predicted octanol–water partition coefficient (Wildman–Crippen LogP) is 2.13. The van der Waals surface area contributed by atoms with Gasteiger partial charge in [0, 0.05) is 31.9 Å². The second kappa shape index (κ2) is 9.62. The van der Waals surface area contributed by atoms with Crippen LogP contribution in [-0.4, -0.2) is 73.6 Å². The molecule has 0 N–H and O–H groups in total. The molecule has 2 fully saturated rings. The van der Waals surface area contributed by atoms with Gasteiger partial charge < -0.3 is 19.3 Å². The van der Waals surface area contributed by atoms with E-state index in [9.17, 15) is 14.4 Å². The van der Waals surface area contributed by atoms with Crippen LogP contribution in [0.15, 0.2) is 24.3 Å². The van der Waals surface area contributed by atoms with Crippen molar-refractivity contribution >= 4 is 23.6 Å². The zero-order valence-electron chi connectivity index (χ0n) is 17.1. The van der Waals surface area contributed by atoms with Crippen LogP contribution in [-0.2, 0) is 14.3 Å². The van der Waals surface area contributed by atoms with Crippen molar-refractivity contribution in [2.75, 3.05) is 50.8 Å². The van der Waals surface area contributed by atoms with Gasteiger partial charge in [-0.3, -0.25) is 14.5 Å². The van der Waals surface area contributed by atoms with Crippen molar-refractivity contribution < 1.29 is 23.9 Å². The molecule has 3 amide bonds. The van der Waals surface area contributed by atoms with Gasteiger partial charge in [0.1, 0.15) is 12.3 Å². The number of nitrogens with zero attached hydrogens (tertiary/aromatic N) is 3. The number of benzene rings is 1. The summed E-state index contributed by atoms with van der Waals surface area (Å²) in [6.45, 7) is 6.66. The first-order valence-corrected chi connectivity index (χ1v) is 10.3. The number of carbonyl (C=O) groups excluding carboxylic acids is 3. The molecule has 2 aliphatic rings. The van der Waals surface area contributed by atoms with E-state index in [-0.39, 0.29) is 30.4 Å². The SMILES string of the molecule is CCOC(=O)C1CCCN(C(=O)CN2CCN(c3ccc(OCC)cc3)C2=O)C1. The highest BCUT2D eigenvalue weighted by Crippen LogP contribution is 2.24. The second-order valence-corrected chi connectivity index (χ2v) is 7.21. The molecule has 3 rings (SSSR count). The number of esters is 1. The minimum atomic E-state index is -0.276. The van der Waals surface area contributed by atoms with E-state index in [0.29, 0.717) is 39.4 Å². The maximum atomic E-state index is 12.8. The monoisotopic (exact) mass is 403 g/mol. The Morgan fingerprint density at radius 2 is 1.83 bits per heavy atom. The lowest BCUT2D eigenvalue weighted by molar-refractivity contribution is -0.151. The van der Waals surface area contributed by atoms with Crippen LogP contribution in [0.4, 0.5) is 10.5 Å². The number of urea groups is 1. The smallest absolute Gasteiger partial charge is 0.325 e. The third kappa shape index (κ3) is 4.99.